The standard InChI is InChI=1S/C22H16FN3O3/c23-16-9-3-1-7-14(16)21-18-19(15-8-2-4-10-17(15)27)24-25-20(18)22(28)26(21)12-13-6-5-11-29-13/h1-11,21,27H,12H2,(H,24,25)/t21-/m0/s1. The second kappa shape index (κ2) is 6.63. The number of phenolic OH excluding ortho intramolecular Hbond substituents is 1. The molecule has 1 atom stereocenters. The van der Waals surface area contributed by atoms with Crippen molar-refractivity contribution in [2.45, 2.75) is 12.6 Å². The van der Waals surface area contributed by atoms with Gasteiger partial charge in [-0.15, -0.1) is 0 Å². The fourth-order valence-corrected chi connectivity index (χ4v) is 3.83. The Labute approximate surface area is 165 Å². The molecule has 1 amide bonds. The molecule has 29 heavy (non-hydrogen) atoms. The van der Waals surface area contributed by atoms with Crippen molar-refractivity contribution in [3.8, 4) is 17.0 Å². The van der Waals surface area contributed by atoms with Gasteiger partial charge in [-0.3, -0.25) is 9.89 Å². The number of benzene rings is 2. The summed E-state index contributed by atoms with van der Waals surface area (Å²) in [6.07, 6.45) is 1.53. The summed E-state index contributed by atoms with van der Waals surface area (Å²) >= 11 is 0. The highest BCUT2D eigenvalue weighted by Crippen LogP contribution is 2.45. The van der Waals surface area contributed by atoms with Gasteiger partial charge in [0.05, 0.1) is 18.8 Å². The number of nitrogens with zero attached hydrogens (tertiary/aromatic N) is 2. The van der Waals surface area contributed by atoms with Gasteiger partial charge in [0.2, 0.25) is 0 Å². The molecule has 0 aliphatic carbocycles. The molecular formula is C22H16FN3O3. The van der Waals surface area contributed by atoms with E-state index in [1.807, 2.05) is 0 Å². The predicted octanol–water partition coefficient (Wildman–Crippen LogP) is 4.26. The predicted molar refractivity (Wildman–Crippen MR) is 103 cm³/mol. The maximum absolute atomic E-state index is 14.8. The van der Waals surface area contributed by atoms with Gasteiger partial charge in [0.1, 0.15) is 28.7 Å². The van der Waals surface area contributed by atoms with Crippen LogP contribution >= 0.6 is 0 Å². The summed E-state index contributed by atoms with van der Waals surface area (Å²) in [4.78, 5) is 14.7. The van der Waals surface area contributed by atoms with Gasteiger partial charge in [0.15, 0.2) is 0 Å². The second-order valence-corrected chi connectivity index (χ2v) is 6.81. The first kappa shape index (κ1) is 17.2. The molecule has 0 fully saturated rings. The topological polar surface area (TPSA) is 82.4 Å². The Morgan fingerprint density at radius 1 is 1.10 bits per heavy atom. The Kier molecular flexibility index (Phi) is 3.94. The number of aromatic amines is 1. The summed E-state index contributed by atoms with van der Waals surface area (Å²) < 4.78 is 20.2. The minimum absolute atomic E-state index is 0.0333. The Morgan fingerprint density at radius 2 is 1.90 bits per heavy atom. The lowest BCUT2D eigenvalue weighted by atomic mass is 9.95. The lowest BCUT2D eigenvalue weighted by Gasteiger charge is -2.26. The number of furan rings is 1. The third kappa shape index (κ3) is 2.70. The van der Waals surface area contributed by atoms with Crippen molar-refractivity contribution in [1.29, 1.82) is 0 Å². The quantitative estimate of drug-likeness (QED) is 0.546. The molecule has 0 unspecified atom stereocenters. The van der Waals surface area contributed by atoms with Crippen LogP contribution in [-0.4, -0.2) is 26.1 Å². The Hall–Kier alpha value is -3.87. The Morgan fingerprint density at radius 3 is 2.66 bits per heavy atom. The maximum Gasteiger partial charge on any atom is 0.273 e. The maximum atomic E-state index is 14.8. The van der Waals surface area contributed by atoms with E-state index in [0.717, 1.165) is 0 Å². The van der Waals surface area contributed by atoms with Crippen molar-refractivity contribution in [1.82, 2.24) is 15.1 Å². The van der Waals surface area contributed by atoms with Crippen molar-refractivity contribution in [3.05, 3.63) is 95.3 Å². The van der Waals surface area contributed by atoms with Crippen LogP contribution in [0, 0.1) is 5.82 Å². The third-order valence-corrected chi connectivity index (χ3v) is 5.13. The summed E-state index contributed by atoms with van der Waals surface area (Å²) in [6, 6.07) is 15.9. The summed E-state index contributed by atoms with van der Waals surface area (Å²) in [6.45, 7) is 0.174. The number of fused-ring (bicyclic) bond motifs is 1. The molecule has 6 nitrogen and oxygen atoms in total. The average Bonchev–Trinajstić information content (AvgIpc) is 3.43. The van der Waals surface area contributed by atoms with E-state index in [2.05, 4.69) is 10.2 Å². The van der Waals surface area contributed by atoms with Gasteiger partial charge in [-0.25, -0.2) is 4.39 Å². The lowest BCUT2D eigenvalue weighted by molar-refractivity contribution is 0.0715. The Balaban J connectivity index is 1.71. The zero-order valence-corrected chi connectivity index (χ0v) is 15.2. The monoisotopic (exact) mass is 389 g/mol. The molecule has 2 aromatic heterocycles. The number of aromatic hydroxyl groups is 1. The van der Waals surface area contributed by atoms with Gasteiger partial charge in [0, 0.05) is 16.7 Å². The number of carbonyl (C=O) groups excluding carboxylic acids is 1. The highest BCUT2D eigenvalue weighted by atomic mass is 19.1. The first-order chi connectivity index (χ1) is 14.1. The van der Waals surface area contributed by atoms with E-state index in [1.54, 1.807) is 59.5 Å². The molecule has 4 aromatic rings. The minimum Gasteiger partial charge on any atom is -0.507 e. The molecule has 2 aromatic carbocycles. The van der Waals surface area contributed by atoms with E-state index in [9.17, 15) is 14.3 Å². The highest BCUT2D eigenvalue weighted by molar-refractivity contribution is 6.00. The van der Waals surface area contributed by atoms with Crippen molar-refractivity contribution < 1.29 is 18.7 Å². The average molecular weight is 389 g/mol. The van der Waals surface area contributed by atoms with Crippen LogP contribution in [0.5, 0.6) is 5.75 Å². The number of H-pyrrole nitrogens is 1. The number of halogens is 1. The summed E-state index contributed by atoms with van der Waals surface area (Å²) in [5.41, 5.74) is 2.06. The van der Waals surface area contributed by atoms with E-state index in [0.29, 0.717) is 28.1 Å². The van der Waals surface area contributed by atoms with Crippen molar-refractivity contribution in [2.24, 2.45) is 0 Å². The molecule has 3 heterocycles. The van der Waals surface area contributed by atoms with Gasteiger partial charge in [-0.05, 0) is 30.3 Å². The van der Waals surface area contributed by atoms with Crippen molar-refractivity contribution in [2.75, 3.05) is 0 Å². The van der Waals surface area contributed by atoms with Crippen molar-refractivity contribution >= 4 is 5.91 Å². The molecule has 1 aliphatic rings. The number of carbonyl (C=O) groups is 1. The summed E-state index contributed by atoms with van der Waals surface area (Å²) in [5.74, 6) is -0.112. The lowest BCUT2D eigenvalue weighted by Crippen LogP contribution is -2.29. The van der Waals surface area contributed by atoms with Crippen LogP contribution in [0.2, 0.25) is 0 Å². The van der Waals surface area contributed by atoms with E-state index in [-0.39, 0.29) is 23.9 Å². The van der Waals surface area contributed by atoms with Crippen LogP contribution < -0.4 is 0 Å². The van der Waals surface area contributed by atoms with Crippen LogP contribution in [0.25, 0.3) is 11.3 Å². The number of phenols is 1. The van der Waals surface area contributed by atoms with E-state index in [1.165, 1.54) is 12.3 Å². The normalized spacial score (nSPS) is 15.7. The molecule has 0 bridgehead atoms. The van der Waals surface area contributed by atoms with Crippen LogP contribution in [0.15, 0.2) is 71.3 Å². The van der Waals surface area contributed by atoms with Gasteiger partial charge in [0.25, 0.3) is 5.91 Å². The zero-order valence-electron chi connectivity index (χ0n) is 15.2. The molecule has 5 rings (SSSR count). The fraction of sp³-hybridized carbons (Fsp3) is 0.0909. The first-order valence-electron chi connectivity index (χ1n) is 9.09. The SMILES string of the molecule is O=C1c2[nH]nc(-c3ccccc3O)c2[C@H](c2ccccc2F)N1Cc1ccco1. The van der Waals surface area contributed by atoms with Crippen LogP contribution in [0.3, 0.4) is 0 Å². The number of rotatable bonds is 4. The van der Waals surface area contributed by atoms with E-state index < -0.39 is 11.9 Å². The molecule has 144 valence electrons. The summed E-state index contributed by atoms with van der Waals surface area (Å²) in [5, 5.41) is 17.4. The van der Waals surface area contributed by atoms with Crippen LogP contribution in [-0.2, 0) is 6.54 Å². The third-order valence-electron chi connectivity index (χ3n) is 5.13. The van der Waals surface area contributed by atoms with E-state index in [4.69, 9.17) is 4.42 Å². The van der Waals surface area contributed by atoms with Gasteiger partial charge < -0.3 is 14.4 Å². The molecule has 7 heteroatoms. The Bertz CT molecular complexity index is 1200. The second-order valence-electron chi connectivity index (χ2n) is 6.81. The molecule has 0 radical (unpaired) electrons. The smallest absolute Gasteiger partial charge is 0.273 e. The zero-order chi connectivity index (χ0) is 20.0. The van der Waals surface area contributed by atoms with Crippen LogP contribution in [0.1, 0.15) is 33.4 Å². The number of nitrogens with one attached hydrogen (secondary N) is 1. The largest absolute Gasteiger partial charge is 0.507 e. The van der Waals surface area contributed by atoms with Gasteiger partial charge >= 0.3 is 0 Å². The molecule has 0 spiro atoms. The van der Waals surface area contributed by atoms with Crippen LogP contribution in [0.4, 0.5) is 4.39 Å². The summed E-state index contributed by atoms with van der Waals surface area (Å²) in [7, 11) is 0. The number of para-hydroxylation sites is 1. The molecule has 1 aliphatic heterocycles. The number of hydrogen-bond acceptors (Lipinski definition) is 4. The highest BCUT2D eigenvalue weighted by Gasteiger charge is 2.43. The molecular weight excluding hydrogens is 373 g/mol. The first-order valence-corrected chi connectivity index (χ1v) is 9.09. The number of hydrogen-bond donors (Lipinski definition) is 2. The van der Waals surface area contributed by atoms with Gasteiger partial charge in [-0.1, -0.05) is 30.3 Å². The van der Waals surface area contributed by atoms with Gasteiger partial charge in [-0.2, -0.15) is 5.10 Å². The minimum atomic E-state index is -0.711. The number of aromatic nitrogens is 2. The van der Waals surface area contributed by atoms with Crippen molar-refractivity contribution in [3.63, 3.8) is 0 Å². The molecule has 2 N–H and O–H groups in total. The number of amides is 1. The fourth-order valence-electron chi connectivity index (χ4n) is 3.83. The van der Waals surface area contributed by atoms with E-state index >= 15 is 0 Å². The molecule has 0 saturated carbocycles. The molecule has 0 saturated heterocycles.